The summed E-state index contributed by atoms with van der Waals surface area (Å²) in [6, 6.07) is 8.43. The van der Waals surface area contributed by atoms with Gasteiger partial charge in [0.2, 0.25) is 6.79 Å². The number of halogens is 1. The predicted molar refractivity (Wildman–Crippen MR) is 150 cm³/mol. The van der Waals surface area contributed by atoms with Crippen molar-refractivity contribution in [1.82, 2.24) is 24.1 Å². The van der Waals surface area contributed by atoms with Gasteiger partial charge in [-0.15, -0.1) is 0 Å². The average Bonchev–Trinajstić information content (AvgIpc) is 3.55. The molecule has 10 heteroatoms. The smallest absolute Gasteiger partial charge is 0.286 e. The Morgan fingerprint density at radius 1 is 1.15 bits per heavy atom. The molecule has 3 aromatic heterocycles. The molecule has 0 bridgehead atoms. The molecule has 4 aromatic rings. The van der Waals surface area contributed by atoms with Crippen LogP contribution in [0.15, 0.2) is 65.5 Å². The number of nitrogens with zero attached hydrogens (tertiary/aromatic N) is 5. The van der Waals surface area contributed by atoms with Crippen LogP contribution < -0.4 is 25.7 Å². The topological polar surface area (TPSA) is 84.1 Å². The first kappa shape index (κ1) is 26.4. The molecule has 0 saturated heterocycles. The molecule has 5 rings (SSSR count). The standard InChI is InChI=1S/C29H28FN5O3S/c1-4-7-25-23(5-2)31-17-34(25)10-6-11-39-29-32-19(3)12-24(33-29)21-14-22(30)28(36)35(16-21)15-20-8-9-26-27(13-20)38-18-37-26/h4-5,7-9,12-14,16-17H,1,6,10-11,15,18H2,2-3H3/b23-5+,25-7+. The molecule has 0 aliphatic carbocycles. The van der Waals surface area contributed by atoms with Gasteiger partial charge >= 0.3 is 0 Å². The Morgan fingerprint density at radius 3 is 2.82 bits per heavy atom. The van der Waals surface area contributed by atoms with Crippen molar-refractivity contribution in [3.8, 4) is 22.8 Å². The summed E-state index contributed by atoms with van der Waals surface area (Å²) < 4.78 is 28.9. The van der Waals surface area contributed by atoms with Gasteiger partial charge in [0.15, 0.2) is 22.5 Å². The summed E-state index contributed by atoms with van der Waals surface area (Å²) in [4.78, 5) is 26.2. The molecule has 0 fully saturated rings. The van der Waals surface area contributed by atoms with E-state index in [1.54, 1.807) is 30.5 Å². The van der Waals surface area contributed by atoms with Crippen LogP contribution in [0.25, 0.3) is 23.4 Å². The van der Waals surface area contributed by atoms with Gasteiger partial charge in [-0.25, -0.2) is 19.3 Å². The number of rotatable bonds is 9. The summed E-state index contributed by atoms with van der Waals surface area (Å²) in [5.41, 5.74) is 1.92. The van der Waals surface area contributed by atoms with Crippen molar-refractivity contribution in [1.29, 1.82) is 0 Å². The molecule has 0 saturated carbocycles. The fraction of sp³-hybridized carbons (Fsp3) is 0.241. The fourth-order valence-corrected chi connectivity index (χ4v) is 5.17. The molecule has 1 aromatic carbocycles. The van der Waals surface area contributed by atoms with E-state index in [1.165, 1.54) is 22.4 Å². The van der Waals surface area contributed by atoms with Crippen LogP contribution in [0.2, 0.25) is 0 Å². The third-order valence-corrected chi connectivity index (χ3v) is 7.13. The van der Waals surface area contributed by atoms with Gasteiger partial charge in [-0.2, -0.15) is 0 Å². The van der Waals surface area contributed by atoms with E-state index in [-0.39, 0.29) is 13.3 Å². The molecule has 0 atom stereocenters. The molecule has 0 spiro atoms. The van der Waals surface area contributed by atoms with Crippen molar-refractivity contribution < 1.29 is 13.9 Å². The van der Waals surface area contributed by atoms with Gasteiger partial charge in [-0.05, 0) is 56.2 Å². The quantitative estimate of drug-likeness (QED) is 0.180. The Morgan fingerprint density at radius 2 is 2.00 bits per heavy atom. The van der Waals surface area contributed by atoms with Gasteiger partial charge in [0.25, 0.3) is 5.56 Å². The van der Waals surface area contributed by atoms with Crippen molar-refractivity contribution in [3.05, 3.63) is 93.6 Å². The zero-order valence-corrected chi connectivity index (χ0v) is 22.6. The SMILES string of the molecule is C=C/C=c1\c(=C/C)ncn1CCCSc1nc(C)cc(-c2cc(F)c(=O)n(Cc3ccc4c(c3)OCO4)c2)n1. The van der Waals surface area contributed by atoms with Gasteiger partial charge in [0, 0.05) is 29.8 Å². The van der Waals surface area contributed by atoms with Crippen molar-refractivity contribution in [2.75, 3.05) is 12.5 Å². The summed E-state index contributed by atoms with van der Waals surface area (Å²) in [7, 11) is 0. The lowest BCUT2D eigenvalue weighted by Crippen LogP contribution is -2.29. The number of allylic oxidation sites excluding steroid dienone is 1. The second kappa shape index (κ2) is 11.7. The normalized spacial score (nSPS) is 13.3. The third-order valence-electron chi connectivity index (χ3n) is 6.19. The Kier molecular flexibility index (Phi) is 7.92. The highest BCUT2D eigenvalue weighted by molar-refractivity contribution is 7.99. The Bertz CT molecular complexity index is 1710. The van der Waals surface area contributed by atoms with Crippen LogP contribution in [0.5, 0.6) is 11.5 Å². The maximum atomic E-state index is 14.7. The number of hydrogen-bond donors (Lipinski definition) is 0. The zero-order valence-electron chi connectivity index (χ0n) is 21.8. The predicted octanol–water partition coefficient (Wildman–Crippen LogP) is 3.68. The van der Waals surface area contributed by atoms with Crippen molar-refractivity contribution in [2.24, 2.45) is 0 Å². The van der Waals surface area contributed by atoms with Crippen molar-refractivity contribution in [2.45, 2.75) is 38.5 Å². The molecule has 0 amide bonds. The first-order valence-electron chi connectivity index (χ1n) is 12.5. The highest BCUT2D eigenvalue weighted by Crippen LogP contribution is 2.32. The minimum absolute atomic E-state index is 0.160. The van der Waals surface area contributed by atoms with E-state index in [2.05, 4.69) is 26.1 Å². The van der Waals surface area contributed by atoms with E-state index in [4.69, 9.17) is 9.47 Å². The van der Waals surface area contributed by atoms with Gasteiger partial charge in [0.05, 0.1) is 29.3 Å². The van der Waals surface area contributed by atoms with Gasteiger partial charge in [-0.3, -0.25) is 4.79 Å². The molecule has 4 heterocycles. The van der Waals surface area contributed by atoms with Gasteiger partial charge < -0.3 is 18.6 Å². The Labute approximate surface area is 229 Å². The number of hydrogen-bond acceptors (Lipinski definition) is 7. The Balaban J connectivity index is 1.32. The van der Waals surface area contributed by atoms with E-state index in [0.717, 1.165) is 40.7 Å². The second-order valence-corrected chi connectivity index (χ2v) is 10.0. The number of aryl methyl sites for hydroxylation is 2. The lowest BCUT2D eigenvalue weighted by Gasteiger charge is -2.11. The Hall–Kier alpha value is -4.18. The number of fused-ring (bicyclic) bond motifs is 1. The summed E-state index contributed by atoms with van der Waals surface area (Å²) in [5, 5.41) is 2.57. The summed E-state index contributed by atoms with van der Waals surface area (Å²) >= 11 is 1.54. The molecular formula is C29H28FN5O3S. The average molecular weight is 546 g/mol. The molecule has 1 aliphatic heterocycles. The molecule has 39 heavy (non-hydrogen) atoms. The number of thioether (sulfide) groups is 1. The van der Waals surface area contributed by atoms with Crippen molar-refractivity contribution >= 4 is 23.9 Å². The molecule has 8 nitrogen and oxygen atoms in total. The highest BCUT2D eigenvalue weighted by Gasteiger charge is 2.15. The number of ether oxygens (including phenoxy) is 2. The molecule has 0 unspecified atom stereocenters. The molecule has 200 valence electrons. The third kappa shape index (κ3) is 5.96. The maximum Gasteiger partial charge on any atom is 0.286 e. The summed E-state index contributed by atoms with van der Waals surface area (Å²) in [6.07, 6.45) is 10.0. The number of imidazole rings is 1. The fourth-order valence-electron chi connectivity index (χ4n) is 4.35. The molecule has 0 radical (unpaired) electrons. The van der Waals surface area contributed by atoms with Crippen LogP contribution in [-0.2, 0) is 13.1 Å². The minimum Gasteiger partial charge on any atom is -0.454 e. The largest absolute Gasteiger partial charge is 0.454 e. The van der Waals surface area contributed by atoms with Crippen LogP contribution in [0.4, 0.5) is 4.39 Å². The van der Waals surface area contributed by atoms with E-state index < -0.39 is 11.4 Å². The number of benzene rings is 1. The lowest BCUT2D eigenvalue weighted by atomic mass is 10.1. The van der Waals surface area contributed by atoms with Gasteiger partial charge in [0.1, 0.15) is 0 Å². The summed E-state index contributed by atoms with van der Waals surface area (Å²) in [6.45, 7) is 8.77. The molecule has 0 N–H and O–H groups in total. The highest BCUT2D eigenvalue weighted by atomic mass is 32.2. The summed E-state index contributed by atoms with van der Waals surface area (Å²) in [5.74, 6) is 1.21. The van der Waals surface area contributed by atoms with Crippen molar-refractivity contribution in [3.63, 3.8) is 0 Å². The minimum atomic E-state index is -0.838. The van der Waals surface area contributed by atoms with Crippen LogP contribution in [-0.4, -0.2) is 36.6 Å². The van der Waals surface area contributed by atoms with Crippen LogP contribution in [0.3, 0.4) is 0 Å². The first-order chi connectivity index (χ1) is 18.9. The molecule has 1 aliphatic rings. The van der Waals surface area contributed by atoms with E-state index in [0.29, 0.717) is 27.9 Å². The van der Waals surface area contributed by atoms with Crippen LogP contribution in [0.1, 0.15) is 24.6 Å². The van der Waals surface area contributed by atoms with E-state index in [9.17, 15) is 9.18 Å². The maximum absolute atomic E-state index is 14.7. The van der Waals surface area contributed by atoms with Crippen LogP contribution in [0, 0.1) is 12.7 Å². The number of aromatic nitrogens is 5. The van der Waals surface area contributed by atoms with E-state index in [1.807, 2.05) is 38.4 Å². The monoisotopic (exact) mass is 545 g/mol. The number of pyridine rings is 1. The van der Waals surface area contributed by atoms with Crippen LogP contribution >= 0.6 is 11.8 Å². The lowest BCUT2D eigenvalue weighted by molar-refractivity contribution is 0.174. The second-order valence-electron chi connectivity index (χ2n) is 8.98. The molecular weight excluding hydrogens is 517 g/mol. The first-order valence-corrected chi connectivity index (χ1v) is 13.5. The zero-order chi connectivity index (χ0) is 27.4. The van der Waals surface area contributed by atoms with Gasteiger partial charge in [-0.1, -0.05) is 36.6 Å². The van der Waals surface area contributed by atoms with E-state index >= 15 is 0 Å².